The summed E-state index contributed by atoms with van der Waals surface area (Å²) in [7, 11) is 0. The number of hydrogen-bond donors (Lipinski definition) is 3. The van der Waals surface area contributed by atoms with Gasteiger partial charge in [0.05, 0.1) is 6.61 Å². The highest BCUT2D eigenvalue weighted by Gasteiger charge is 2.17. The molecule has 0 aliphatic rings. The van der Waals surface area contributed by atoms with Gasteiger partial charge in [0, 0.05) is 6.42 Å². The Labute approximate surface area is 69.7 Å². The molecule has 0 spiro atoms. The van der Waals surface area contributed by atoms with Crippen LogP contribution in [0.15, 0.2) is 12.7 Å². The van der Waals surface area contributed by atoms with Crippen LogP contribution in [0.4, 0.5) is 0 Å². The third-order valence-electron chi connectivity index (χ3n) is 1.15. The molecule has 3 N–H and O–H groups in total. The molecule has 0 radical (unpaired) electrons. The van der Waals surface area contributed by atoms with E-state index in [1.165, 1.54) is 6.08 Å². The van der Waals surface area contributed by atoms with Gasteiger partial charge in [0.25, 0.3) is 0 Å². The lowest BCUT2D eigenvalue weighted by atomic mass is 10.3. The Kier molecular flexibility index (Phi) is 4.71. The van der Waals surface area contributed by atoms with E-state index in [0.717, 1.165) is 0 Å². The van der Waals surface area contributed by atoms with Crippen molar-refractivity contribution < 1.29 is 19.8 Å². The molecule has 12 heavy (non-hydrogen) atoms. The number of aliphatic carboxylic acids is 1. The average Bonchev–Trinajstić information content (AvgIpc) is 2.00. The van der Waals surface area contributed by atoms with E-state index in [4.69, 9.17) is 10.2 Å². The van der Waals surface area contributed by atoms with Crippen LogP contribution in [0.5, 0.6) is 0 Å². The zero-order valence-corrected chi connectivity index (χ0v) is 6.49. The smallest absolute Gasteiger partial charge is 0.328 e. The highest BCUT2D eigenvalue weighted by molar-refractivity contribution is 5.84. The summed E-state index contributed by atoms with van der Waals surface area (Å²) in [6.45, 7) is 2.69. The number of aliphatic hydroxyl groups excluding tert-OH is 1. The predicted molar refractivity (Wildman–Crippen MR) is 41.5 cm³/mol. The maximum absolute atomic E-state index is 10.8. The molecule has 0 saturated carbocycles. The van der Waals surface area contributed by atoms with Gasteiger partial charge in [0.15, 0.2) is 0 Å². The topological polar surface area (TPSA) is 86.6 Å². The Bertz CT molecular complexity index is 190. The number of hydrogen-bond acceptors (Lipinski definition) is 3. The van der Waals surface area contributed by atoms with E-state index in [1.54, 1.807) is 0 Å². The molecule has 0 fully saturated rings. The molecule has 0 aliphatic carbocycles. The van der Waals surface area contributed by atoms with Gasteiger partial charge in [-0.2, -0.15) is 0 Å². The van der Waals surface area contributed by atoms with Gasteiger partial charge < -0.3 is 15.5 Å². The molecule has 0 bridgehead atoms. The van der Waals surface area contributed by atoms with Gasteiger partial charge >= 0.3 is 5.97 Å². The van der Waals surface area contributed by atoms with Gasteiger partial charge in [-0.1, -0.05) is 6.08 Å². The van der Waals surface area contributed by atoms with Crippen molar-refractivity contribution in [1.82, 2.24) is 5.32 Å². The third kappa shape index (κ3) is 3.72. The first-order valence-corrected chi connectivity index (χ1v) is 3.35. The SMILES string of the molecule is C=CCC(=O)N[C@@H](CO)C(=O)O. The molecule has 1 atom stereocenters. The lowest BCUT2D eigenvalue weighted by Gasteiger charge is -2.09. The highest BCUT2D eigenvalue weighted by atomic mass is 16.4. The molecule has 5 heteroatoms. The summed E-state index contributed by atoms with van der Waals surface area (Å²) in [5.41, 5.74) is 0. The van der Waals surface area contributed by atoms with E-state index >= 15 is 0 Å². The molecule has 0 rings (SSSR count). The maximum atomic E-state index is 10.8. The van der Waals surface area contributed by atoms with E-state index in [1.807, 2.05) is 0 Å². The van der Waals surface area contributed by atoms with Crippen LogP contribution in [-0.2, 0) is 9.59 Å². The first-order chi connectivity index (χ1) is 5.61. The highest BCUT2D eigenvalue weighted by Crippen LogP contribution is 1.86. The second kappa shape index (κ2) is 5.31. The Morgan fingerprint density at radius 1 is 1.58 bits per heavy atom. The molecule has 0 aromatic carbocycles. The van der Waals surface area contributed by atoms with Crippen LogP contribution in [0, 0.1) is 0 Å². The molecule has 68 valence electrons. The number of nitrogens with one attached hydrogen (secondary N) is 1. The standard InChI is InChI=1S/C7H11NO4/c1-2-3-6(10)8-5(4-9)7(11)12/h2,5,9H,1,3-4H2,(H,8,10)(H,11,12)/t5-/m0/s1. The van der Waals surface area contributed by atoms with Crippen molar-refractivity contribution in [3.05, 3.63) is 12.7 Å². The molecule has 0 aliphatic heterocycles. The summed E-state index contributed by atoms with van der Waals surface area (Å²) in [5.74, 6) is -1.72. The Morgan fingerprint density at radius 3 is 2.50 bits per heavy atom. The lowest BCUT2D eigenvalue weighted by Crippen LogP contribution is -2.43. The maximum Gasteiger partial charge on any atom is 0.328 e. The number of amides is 1. The number of carboxylic acid groups (broad SMARTS) is 1. The lowest BCUT2D eigenvalue weighted by molar-refractivity contribution is -0.142. The first-order valence-electron chi connectivity index (χ1n) is 3.35. The fourth-order valence-corrected chi connectivity index (χ4v) is 0.570. The Hall–Kier alpha value is -1.36. The number of rotatable bonds is 5. The summed E-state index contributed by atoms with van der Waals surface area (Å²) >= 11 is 0. The number of aliphatic hydroxyl groups is 1. The molecule has 0 aromatic heterocycles. The summed E-state index contributed by atoms with van der Waals surface area (Å²) in [4.78, 5) is 21.0. The van der Waals surface area contributed by atoms with Gasteiger partial charge in [-0.15, -0.1) is 6.58 Å². The summed E-state index contributed by atoms with van der Waals surface area (Å²) in [6.07, 6.45) is 1.40. The minimum Gasteiger partial charge on any atom is -0.480 e. The first kappa shape index (κ1) is 10.6. The van der Waals surface area contributed by atoms with Crippen LogP contribution < -0.4 is 5.32 Å². The van der Waals surface area contributed by atoms with Crippen LogP contribution in [-0.4, -0.2) is 34.7 Å². The molecular weight excluding hydrogens is 162 g/mol. The van der Waals surface area contributed by atoms with E-state index in [-0.39, 0.29) is 6.42 Å². The number of carbonyl (C=O) groups is 2. The van der Waals surface area contributed by atoms with E-state index in [9.17, 15) is 9.59 Å². The summed E-state index contributed by atoms with van der Waals surface area (Å²) in [5, 5.41) is 19.0. The van der Waals surface area contributed by atoms with Crippen molar-refractivity contribution in [2.45, 2.75) is 12.5 Å². The molecule has 0 unspecified atom stereocenters. The van der Waals surface area contributed by atoms with Gasteiger partial charge in [0.1, 0.15) is 6.04 Å². The molecule has 5 nitrogen and oxygen atoms in total. The van der Waals surface area contributed by atoms with Crippen LogP contribution in [0.25, 0.3) is 0 Å². The van der Waals surface area contributed by atoms with Crippen molar-refractivity contribution in [3.63, 3.8) is 0 Å². The van der Waals surface area contributed by atoms with Crippen LogP contribution in [0.1, 0.15) is 6.42 Å². The van der Waals surface area contributed by atoms with Crippen LogP contribution >= 0.6 is 0 Å². The second-order valence-electron chi connectivity index (χ2n) is 2.13. The zero-order chi connectivity index (χ0) is 9.56. The molecule has 0 saturated heterocycles. The average molecular weight is 173 g/mol. The van der Waals surface area contributed by atoms with Crippen LogP contribution in [0.3, 0.4) is 0 Å². The molecular formula is C7H11NO4. The van der Waals surface area contributed by atoms with Gasteiger partial charge in [0.2, 0.25) is 5.91 Å². The van der Waals surface area contributed by atoms with Gasteiger partial charge in [-0.25, -0.2) is 4.79 Å². The van der Waals surface area contributed by atoms with E-state index in [0.29, 0.717) is 0 Å². The summed E-state index contributed by atoms with van der Waals surface area (Å²) in [6, 6.07) is -1.22. The number of carbonyl (C=O) groups excluding carboxylic acids is 1. The minimum atomic E-state index is -1.25. The Morgan fingerprint density at radius 2 is 2.17 bits per heavy atom. The Balaban J connectivity index is 3.93. The van der Waals surface area contributed by atoms with Crippen molar-refractivity contribution in [2.24, 2.45) is 0 Å². The van der Waals surface area contributed by atoms with Gasteiger partial charge in [-0.05, 0) is 0 Å². The normalized spacial score (nSPS) is 11.8. The minimum absolute atomic E-state index is 0.0454. The zero-order valence-electron chi connectivity index (χ0n) is 6.49. The van der Waals surface area contributed by atoms with Crippen LogP contribution in [0.2, 0.25) is 0 Å². The molecule has 0 aromatic rings. The van der Waals surface area contributed by atoms with E-state index < -0.39 is 24.5 Å². The molecule has 0 heterocycles. The fraction of sp³-hybridized carbons (Fsp3) is 0.429. The van der Waals surface area contributed by atoms with E-state index in [2.05, 4.69) is 11.9 Å². The van der Waals surface area contributed by atoms with Gasteiger partial charge in [-0.3, -0.25) is 4.79 Å². The quantitative estimate of drug-likeness (QED) is 0.471. The monoisotopic (exact) mass is 173 g/mol. The predicted octanol–water partition coefficient (Wildman–Crippen LogP) is -0.876. The number of carboxylic acids is 1. The van der Waals surface area contributed by atoms with Crippen molar-refractivity contribution in [2.75, 3.05) is 6.61 Å². The largest absolute Gasteiger partial charge is 0.480 e. The summed E-state index contributed by atoms with van der Waals surface area (Å²) < 4.78 is 0. The van der Waals surface area contributed by atoms with Crippen molar-refractivity contribution in [1.29, 1.82) is 0 Å². The molecule has 1 amide bonds. The fourth-order valence-electron chi connectivity index (χ4n) is 0.570. The second-order valence-corrected chi connectivity index (χ2v) is 2.13. The van der Waals surface area contributed by atoms with Crippen molar-refractivity contribution in [3.8, 4) is 0 Å². The van der Waals surface area contributed by atoms with Crippen molar-refractivity contribution >= 4 is 11.9 Å². The third-order valence-corrected chi connectivity index (χ3v) is 1.15.